The lowest BCUT2D eigenvalue weighted by molar-refractivity contribution is 0.178. The summed E-state index contributed by atoms with van der Waals surface area (Å²) in [5.41, 5.74) is 1.02. The molecule has 1 atom stereocenters. The molecule has 1 aliphatic heterocycles. The molecule has 0 N–H and O–H groups in total. The van der Waals surface area contributed by atoms with Gasteiger partial charge < -0.3 is 8.94 Å². The second kappa shape index (κ2) is 7.94. The zero-order valence-corrected chi connectivity index (χ0v) is 17.0. The van der Waals surface area contributed by atoms with Crippen LogP contribution in [0, 0.1) is 12.8 Å². The largest absolute Gasteiger partial charge is 0.440 e. The highest BCUT2D eigenvalue weighted by Crippen LogP contribution is 2.29. The number of oxazole rings is 1. The summed E-state index contributed by atoms with van der Waals surface area (Å²) in [5, 5.41) is 6.20. The van der Waals surface area contributed by atoms with Crippen LogP contribution in [0.15, 0.2) is 26.5 Å². The summed E-state index contributed by atoms with van der Waals surface area (Å²) >= 11 is 1.65. The number of thiophene rings is 1. The minimum absolute atomic E-state index is 0.302. The molecule has 3 aromatic rings. The molecule has 1 saturated heterocycles. The Balaban J connectivity index is 1.42. The van der Waals surface area contributed by atoms with Crippen LogP contribution in [0.5, 0.6) is 0 Å². The van der Waals surface area contributed by atoms with Crippen LogP contribution in [0.3, 0.4) is 0 Å². The third kappa shape index (κ3) is 4.30. The molecule has 0 aliphatic carbocycles. The summed E-state index contributed by atoms with van der Waals surface area (Å²) in [4.78, 5) is 12.9. The van der Waals surface area contributed by atoms with Gasteiger partial charge in [-0.05, 0) is 43.7 Å². The van der Waals surface area contributed by atoms with Crippen molar-refractivity contribution < 1.29 is 8.94 Å². The van der Waals surface area contributed by atoms with Gasteiger partial charge in [0, 0.05) is 19.5 Å². The Kier molecular flexibility index (Phi) is 5.41. The minimum atomic E-state index is 0.302. The van der Waals surface area contributed by atoms with Crippen molar-refractivity contribution in [2.24, 2.45) is 5.92 Å². The number of aryl methyl sites for hydroxylation is 1. The van der Waals surface area contributed by atoms with Crippen molar-refractivity contribution in [1.29, 1.82) is 0 Å². The molecule has 6 nitrogen and oxygen atoms in total. The normalized spacial score (nSPS) is 18.4. The first-order chi connectivity index (χ1) is 13.1. The summed E-state index contributed by atoms with van der Waals surface area (Å²) in [7, 11) is 0. The lowest BCUT2D eigenvalue weighted by Gasteiger charge is -2.30. The number of rotatable bonds is 6. The molecular formula is C20H26N4O2S. The molecule has 7 heteroatoms. The monoisotopic (exact) mass is 386 g/mol. The average molecular weight is 387 g/mol. The molecule has 0 radical (unpaired) electrons. The molecule has 1 unspecified atom stereocenters. The van der Waals surface area contributed by atoms with Crippen molar-refractivity contribution in [2.45, 2.75) is 52.5 Å². The Morgan fingerprint density at radius 2 is 2.22 bits per heavy atom. The van der Waals surface area contributed by atoms with Crippen LogP contribution in [0.1, 0.15) is 55.8 Å². The maximum atomic E-state index is 5.88. The van der Waals surface area contributed by atoms with Crippen LogP contribution in [-0.2, 0) is 13.0 Å². The summed E-state index contributed by atoms with van der Waals surface area (Å²) in [6.45, 7) is 9.11. The third-order valence-electron chi connectivity index (χ3n) is 4.93. The molecule has 144 valence electrons. The van der Waals surface area contributed by atoms with E-state index in [1.54, 1.807) is 11.3 Å². The summed E-state index contributed by atoms with van der Waals surface area (Å²) in [5.74, 6) is 4.07. The molecule has 27 heavy (non-hydrogen) atoms. The lowest BCUT2D eigenvalue weighted by Crippen LogP contribution is -2.34. The lowest BCUT2D eigenvalue weighted by atomic mass is 9.97. The SMILES string of the molecule is Cc1oc(-c2cccs2)nc1CN1CCCC(c2nc(CC(C)C)no2)C1. The highest BCUT2D eigenvalue weighted by molar-refractivity contribution is 7.13. The first kappa shape index (κ1) is 18.4. The van der Waals surface area contributed by atoms with E-state index in [-0.39, 0.29) is 0 Å². The van der Waals surface area contributed by atoms with E-state index in [1.165, 1.54) is 0 Å². The molecule has 4 rings (SSSR count). The molecular weight excluding hydrogens is 360 g/mol. The van der Waals surface area contributed by atoms with Crippen LogP contribution in [0.25, 0.3) is 10.8 Å². The van der Waals surface area contributed by atoms with Gasteiger partial charge in [-0.25, -0.2) is 4.98 Å². The van der Waals surface area contributed by atoms with Crippen LogP contribution in [0.2, 0.25) is 0 Å². The fraction of sp³-hybridized carbons (Fsp3) is 0.550. The van der Waals surface area contributed by atoms with Gasteiger partial charge in [-0.1, -0.05) is 25.1 Å². The van der Waals surface area contributed by atoms with Gasteiger partial charge in [0.25, 0.3) is 0 Å². The number of nitrogens with zero attached hydrogens (tertiary/aromatic N) is 4. The molecule has 4 heterocycles. The van der Waals surface area contributed by atoms with Crippen LogP contribution < -0.4 is 0 Å². The number of likely N-dealkylation sites (tertiary alicyclic amines) is 1. The summed E-state index contributed by atoms with van der Waals surface area (Å²) in [6, 6.07) is 4.06. The van der Waals surface area contributed by atoms with E-state index in [0.717, 1.165) is 72.8 Å². The van der Waals surface area contributed by atoms with Gasteiger partial charge in [-0.3, -0.25) is 4.90 Å². The molecule has 0 spiro atoms. The zero-order valence-electron chi connectivity index (χ0n) is 16.1. The quantitative estimate of drug-likeness (QED) is 0.613. The van der Waals surface area contributed by atoms with E-state index in [4.69, 9.17) is 13.9 Å². The van der Waals surface area contributed by atoms with E-state index in [0.29, 0.717) is 11.8 Å². The van der Waals surface area contributed by atoms with E-state index < -0.39 is 0 Å². The number of hydrogen-bond donors (Lipinski definition) is 0. The maximum absolute atomic E-state index is 5.88. The van der Waals surface area contributed by atoms with Crippen LogP contribution in [0.4, 0.5) is 0 Å². The van der Waals surface area contributed by atoms with Gasteiger partial charge in [0.15, 0.2) is 5.82 Å². The third-order valence-corrected chi connectivity index (χ3v) is 5.79. The Hall–Kier alpha value is -1.99. The number of aromatic nitrogens is 3. The van der Waals surface area contributed by atoms with E-state index in [2.05, 4.69) is 28.9 Å². The standard InChI is InChI=1S/C20H26N4O2S/c1-13(2)10-18-22-19(26-23-18)15-6-4-8-24(11-15)12-16-14(3)25-20(21-16)17-7-5-9-27-17/h5,7,9,13,15H,4,6,8,10-12H2,1-3H3. The van der Waals surface area contributed by atoms with E-state index >= 15 is 0 Å². The number of piperidine rings is 1. The van der Waals surface area contributed by atoms with Gasteiger partial charge >= 0.3 is 0 Å². The molecule has 1 fully saturated rings. The average Bonchev–Trinajstić information content (AvgIpc) is 3.37. The first-order valence-electron chi connectivity index (χ1n) is 9.63. The van der Waals surface area contributed by atoms with Crippen molar-refractivity contribution >= 4 is 11.3 Å². The molecule has 0 aromatic carbocycles. The topological polar surface area (TPSA) is 68.2 Å². The van der Waals surface area contributed by atoms with E-state index in [9.17, 15) is 0 Å². The predicted molar refractivity (Wildman–Crippen MR) is 105 cm³/mol. The molecule has 0 bridgehead atoms. The highest BCUT2D eigenvalue weighted by atomic mass is 32.1. The van der Waals surface area contributed by atoms with Gasteiger partial charge in [0.05, 0.1) is 16.5 Å². The Morgan fingerprint density at radius 1 is 1.33 bits per heavy atom. The van der Waals surface area contributed by atoms with Gasteiger partial charge in [-0.2, -0.15) is 4.98 Å². The van der Waals surface area contributed by atoms with Crippen molar-refractivity contribution in [2.75, 3.05) is 13.1 Å². The van der Waals surface area contributed by atoms with Crippen molar-refractivity contribution in [1.82, 2.24) is 20.0 Å². The number of hydrogen-bond acceptors (Lipinski definition) is 7. The first-order valence-corrected chi connectivity index (χ1v) is 10.5. The molecule has 3 aromatic heterocycles. The molecule has 1 aliphatic rings. The molecule has 0 saturated carbocycles. The van der Waals surface area contributed by atoms with Gasteiger partial charge in [-0.15, -0.1) is 11.3 Å². The fourth-order valence-electron chi connectivity index (χ4n) is 3.57. The predicted octanol–water partition coefficient (Wildman–Crippen LogP) is 4.67. The van der Waals surface area contributed by atoms with Crippen molar-refractivity contribution in [3.05, 3.63) is 40.7 Å². The minimum Gasteiger partial charge on any atom is -0.440 e. The Bertz CT molecular complexity index is 869. The maximum Gasteiger partial charge on any atom is 0.236 e. The summed E-state index contributed by atoms with van der Waals surface area (Å²) in [6.07, 6.45) is 3.09. The Morgan fingerprint density at radius 3 is 3.00 bits per heavy atom. The van der Waals surface area contributed by atoms with Crippen molar-refractivity contribution in [3.8, 4) is 10.8 Å². The summed E-state index contributed by atoms with van der Waals surface area (Å²) < 4.78 is 11.4. The second-order valence-electron chi connectivity index (χ2n) is 7.72. The van der Waals surface area contributed by atoms with E-state index in [1.807, 2.05) is 24.4 Å². The highest BCUT2D eigenvalue weighted by Gasteiger charge is 2.27. The van der Waals surface area contributed by atoms with Crippen molar-refractivity contribution in [3.63, 3.8) is 0 Å². The Labute approximate surface area is 163 Å². The molecule has 0 amide bonds. The van der Waals surface area contributed by atoms with Crippen LogP contribution >= 0.6 is 11.3 Å². The zero-order chi connectivity index (χ0) is 18.8. The van der Waals surface area contributed by atoms with Crippen LogP contribution in [-0.4, -0.2) is 33.1 Å². The van der Waals surface area contributed by atoms with Gasteiger partial charge in [0.2, 0.25) is 11.8 Å². The smallest absolute Gasteiger partial charge is 0.236 e. The second-order valence-corrected chi connectivity index (χ2v) is 8.67. The van der Waals surface area contributed by atoms with Gasteiger partial charge in [0.1, 0.15) is 5.76 Å². The fourth-order valence-corrected chi connectivity index (χ4v) is 4.22.